The molecule has 1 aliphatic heterocycles. The van der Waals surface area contributed by atoms with E-state index in [0.29, 0.717) is 12.0 Å². The summed E-state index contributed by atoms with van der Waals surface area (Å²) in [6, 6.07) is 8.10. The van der Waals surface area contributed by atoms with E-state index in [2.05, 4.69) is 29.0 Å². The zero-order valence-electron chi connectivity index (χ0n) is 19.2. The SMILES string of the molecule is CC(C)CC1CCCN(CC2CCCCC2NC(=O)c2ccc(-n3ccnc3)cc2)C1. The number of hydrogen-bond acceptors (Lipinski definition) is 3. The summed E-state index contributed by atoms with van der Waals surface area (Å²) >= 11 is 0. The van der Waals surface area contributed by atoms with Crippen LogP contribution in [0.15, 0.2) is 43.0 Å². The van der Waals surface area contributed by atoms with Crippen molar-refractivity contribution in [2.45, 2.75) is 64.8 Å². The van der Waals surface area contributed by atoms with Crippen molar-refractivity contribution in [3.8, 4) is 5.69 Å². The highest BCUT2D eigenvalue weighted by molar-refractivity contribution is 5.94. The molecule has 1 aromatic carbocycles. The second kappa shape index (κ2) is 10.4. The monoisotopic (exact) mass is 422 g/mol. The highest BCUT2D eigenvalue weighted by Gasteiger charge is 2.30. The molecule has 4 rings (SSSR count). The molecule has 3 atom stereocenters. The molecule has 0 radical (unpaired) electrons. The molecule has 168 valence electrons. The van der Waals surface area contributed by atoms with Crippen LogP contribution in [0.3, 0.4) is 0 Å². The van der Waals surface area contributed by atoms with Crippen LogP contribution in [-0.2, 0) is 0 Å². The van der Waals surface area contributed by atoms with Crippen molar-refractivity contribution in [3.05, 3.63) is 48.5 Å². The normalized spacial score (nSPS) is 24.9. The zero-order valence-corrected chi connectivity index (χ0v) is 19.2. The summed E-state index contributed by atoms with van der Waals surface area (Å²) in [6.07, 6.45) is 14.3. The molecule has 31 heavy (non-hydrogen) atoms. The minimum Gasteiger partial charge on any atom is -0.349 e. The van der Waals surface area contributed by atoms with Gasteiger partial charge in [-0.3, -0.25) is 4.79 Å². The van der Waals surface area contributed by atoms with E-state index in [4.69, 9.17) is 0 Å². The van der Waals surface area contributed by atoms with Gasteiger partial charge in [0, 0.05) is 42.8 Å². The highest BCUT2D eigenvalue weighted by atomic mass is 16.1. The minimum atomic E-state index is 0.0606. The van der Waals surface area contributed by atoms with Gasteiger partial charge < -0.3 is 14.8 Å². The van der Waals surface area contributed by atoms with Crippen LogP contribution in [0.5, 0.6) is 0 Å². The number of nitrogens with one attached hydrogen (secondary N) is 1. The van der Waals surface area contributed by atoms with Gasteiger partial charge in [-0.05, 0) is 80.7 Å². The quantitative estimate of drug-likeness (QED) is 0.689. The molecular weight excluding hydrogens is 384 g/mol. The lowest BCUT2D eigenvalue weighted by atomic mass is 9.82. The number of aromatic nitrogens is 2. The highest BCUT2D eigenvalue weighted by Crippen LogP contribution is 2.29. The molecule has 1 saturated heterocycles. The molecule has 2 aromatic rings. The maximum absolute atomic E-state index is 13.0. The molecule has 5 heteroatoms. The first kappa shape index (κ1) is 22.1. The van der Waals surface area contributed by atoms with Crippen LogP contribution < -0.4 is 5.32 Å². The molecule has 5 nitrogen and oxygen atoms in total. The summed E-state index contributed by atoms with van der Waals surface area (Å²) in [5, 5.41) is 3.39. The lowest BCUT2D eigenvalue weighted by Crippen LogP contribution is -2.48. The van der Waals surface area contributed by atoms with E-state index in [0.717, 1.165) is 36.1 Å². The van der Waals surface area contributed by atoms with Crippen LogP contribution in [0, 0.1) is 17.8 Å². The Kier molecular flexibility index (Phi) is 7.44. The van der Waals surface area contributed by atoms with Crippen molar-refractivity contribution in [1.82, 2.24) is 19.8 Å². The van der Waals surface area contributed by atoms with Gasteiger partial charge in [0.25, 0.3) is 5.91 Å². The van der Waals surface area contributed by atoms with Crippen molar-refractivity contribution in [3.63, 3.8) is 0 Å². The summed E-state index contributed by atoms with van der Waals surface area (Å²) in [6.45, 7) is 8.28. The van der Waals surface area contributed by atoms with E-state index in [-0.39, 0.29) is 5.91 Å². The number of piperidine rings is 1. The van der Waals surface area contributed by atoms with Crippen LogP contribution in [-0.4, -0.2) is 46.0 Å². The average Bonchev–Trinajstić information content (AvgIpc) is 3.30. The molecular formula is C26H38N4O. The molecule has 2 heterocycles. The Morgan fingerprint density at radius 2 is 1.94 bits per heavy atom. The van der Waals surface area contributed by atoms with Crippen molar-refractivity contribution >= 4 is 5.91 Å². The van der Waals surface area contributed by atoms with Crippen molar-refractivity contribution < 1.29 is 4.79 Å². The molecule has 1 N–H and O–H groups in total. The summed E-state index contributed by atoms with van der Waals surface area (Å²) in [7, 11) is 0. The number of hydrogen-bond donors (Lipinski definition) is 1. The van der Waals surface area contributed by atoms with Gasteiger partial charge >= 0.3 is 0 Å². The third-order valence-corrected chi connectivity index (χ3v) is 7.06. The predicted molar refractivity (Wildman–Crippen MR) is 125 cm³/mol. The van der Waals surface area contributed by atoms with Crippen LogP contribution in [0.4, 0.5) is 0 Å². The Morgan fingerprint density at radius 3 is 2.68 bits per heavy atom. The number of imidazole rings is 1. The van der Waals surface area contributed by atoms with Crippen LogP contribution >= 0.6 is 0 Å². The van der Waals surface area contributed by atoms with Gasteiger partial charge in [-0.25, -0.2) is 4.98 Å². The summed E-state index contributed by atoms with van der Waals surface area (Å²) in [5.74, 6) is 2.26. The number of nitrogens with zero attached hydrogens (tertiary/aromatic N) is 3. The van der Waals surface area contributed by atoms with Crippen molar-refractivity contribution in [2.24, 2.45) is 17.8 Å². The maximum atomic E-state index is 13.0. The van der Waals surface area contributed by atoms with Crippen LogP contribution in [0.1, 0.15) is 69.2 Å². The third-order valence-electron chi connectivity index (χ3n) is 7.06. The molecule has 0 spiro atoms. The van der Waals surface area contributed by atoms with Gasteiger partial charge in [-0.1, -0.05) is 26.7 Å². The van der Waals surface area contributed by atoms with E-state index in [1.807, 2.05) is 35.0 Å². The molecule has 1 aromatic heterocycles. The number of benzene rings is 1. The second-order valence-electron chi connectivity index (χ2n) is 10.0. The van der Waals surface area contributed by atoms with E-state index in [1.54, 1.807) is 12.5 Å². The van der Waals surface area contributed by atoms with Gasteiger partial charge in [0.15, 0.2) is 0 Å². The van der Waals surface area contributed by atoms with Crippen molar-refractivity contribution in [2.75, 3.05) is 19.6 Å². The number of carbonyl (C=O) groups excluding carboxylic acids is 1. The molecule has 1 aliphatic carbocycles. The van der Waals surface area contributed by atoms with E-state index >= 15 is 0 Å². The van der Waals surface area contributed by atoms with Gasteiger partial charge in [0.2, 0.25) is 0 Å². The smallest absolute Gasteiger partial charge is 0.251 e. The largest absolute Gasteiger partial charge is 0.349 e. The zero-order chi connectivity index (χ0) is 21.6. The van der Waals surface area contributed by atoms with Gasteiger partial charge in [-0.2, -0.15) is 0 Å². The third kappa shape index (κ3) is 5.97. The Bertz CT molecular complexity index is 814. The second-order valence-corrected chi connectivity index (χ2v) is 10.0. The predicted octanol–water partition coefficient (Wildman–Crippen LogP) is 4.92. The topological polar surface area (TPSA) is 50.2 Å². The Hall–Kier alpha value is -2.14. The van der Waals surface area contributed by atoms with Crippen molar-refractivity contribution in [1.29, 1.82) is 0 Å². The first-order chi connectivity index (χ1) is 15.1. The first-order valence-corrected chi connectivity index (χ1v) is 12.2. The number of rotatable bonds is 7. The summed E-state index contributed by atoms with van der Waals surface area (Å²) in [4.78, 5) is 19.8. The first-order valence-electron chi connectivity index (χ1n) is 12.2. The molecule has 0 bridgehead atoms. The standard InChI is InChI=1S/C26H38N4O/c1-20(2)16-21-6-5-14-29(17-21)18-23-7-3-4-8-25(23)28-26(31)22-9-11-24(12-10-22)30-15-13-27-19-30/h9-13,15,19-21,23,25H,3-8,14,16-18H2,1-2H3,(H,28,31). The van der Waals surface area contributed by atoms with E-state index in [1.165, 1.54) is 51.6 Å². The number of likely N-dealkylation sites (tertiary alicyclic amines) is 1. The molecule has 3 unspecified atom stereocenters. The Balaban J connectivity index is 1.34. The molecule has 1 saturated carbocycles. The minimum absolute atomic E-state index is 0.0606. The van der Waals surface area contributed by atoms with Gasteiger partial charge in [0.05, 0.1) is 6.33 Å². The van der Waals surface area contributed by atoms with Crippen LogP contribution in [0.2, 0.25) is 0 Å². The number of amides is 1. The molecule has 2 aliphatic rings. The van der Waals surface area contributed by atoms with Crippen LogP contribution in [0.25, 0.3) is 5.69 Å². The fourth-order valence-corrected chi connectivity index (χ4v) is 5.57. The lowest BCUT2D eigenvalue weighted by molar-refractivity contribution is 0.0848. The molecule has 1 amide bonds. The van der Waals surface area contributed by atoms with Gasteiger partial charge in [-0.15, -0.1) is 0 Å². The maximum Gasteiger partial charge on any atom is 0.251 e. The molecule has 2 fully saturated rings. The van der Waals surface area contributed by atoms with E-state index in [9.17, 15) is 4.79 Å². The Labute approximate surface area is 187 Å². The average molecular weight is 423 g/mol. The fourth-order valence-electron chi connectivity index (χ4n) is 5.57. The number of carbonyl (C=O) groups is 1. The Morgan fingerprint density at radius 1 is 1.13 bits per heavy atom. The lowest BCUT2D eigenvalue weighted by Gasteiger charge is -2.39. The fraction of sp³-hybridized carbons (Fsp3) is 0.615. The summed E-state index contributed by atoms with van der Waals surface area (Å²) in [5.41, 5.74) is 1.76. The summed E-state index contributed by atoms with van der Waals surface area (Å²) < 4.78 is 1.95. The van der Waals surface area contributed by atoms with Gasteiger partial charge in [0.1, 0.15) is 0 Å². The van der Waals surface area contributed by atoms with E-state index < -0.39 is 0 Å².